The van der Waals surface area contributed by atoms with Crippen LogP contribution in [0.2, 0.25) is 0 Å². The number of hydrogen-bond donors (Lipinski definition) is 2. The molecule has 0 saturated carbocycles. The summed E-state index contributed by atoms with van der Waals surface area (Å²) in [6.07, 6.45) is 0.921. The first-order valence-corrected chi connectivity index (χ1v) is 5.95. The van der Waals surface area contributed by atoms with Crippen molar-refractivity contribution in [3.8, 4) is 0 Å². The van der Waals surface area contributed by atoms with E-state index >= 15 is 0 Å². The molecule has 84 valence electrons. The van der Waals surface area contributed by atoms with E-state index in [1.807, 2.05) is 6.92 Å². The predicted molar refractivity (Wildman–Crippen MR) is 64.4 cm³/mol. The minimum absolute atomic E-state index is 0.687. The molecule has 0 atom stereocenters. The summed E-state index contributed by atoms with van der Waals surface area (Å²) in [6.45, 7) is 2.58. The molecule has 0 unspecified atom stereocenters. The van der Waals surface area contributed by atoms with Gasteiger partial charge in [0.25, 0.3) is 0 Å². The minimum atomic E-state index is 0.687. The number of nitrogens with one attached hydrogen (secondary N) is 1. The summed E-state index contributed by atoms with van der Waals surface area (Å²) < 4.78 is 0. The number of nitrogens with zero attached hydrogens (tertiary/aromatic N) is 2. The number of H-pyrrole nitrogens is 1. The van der Waals surface area contributed by atoms with Gasteiger partial charge in [0.2, 0.25) is 5.16 Å². The van der Waals surface area contributed by atoms with Gasteiger partial charge >= 0.3 is 0 Å². The van der Waals surface area contributed by atoms with E-state index in [0.717, 1.165) is 22.3 Å². The molecule has 0 fully saturated rings. The highest BCUT2D eigenvalue weighted by Gasteiger charge is 2.02. The highest BCUT2D eigenvalue weighted by molar-refractivity contribution is 7.99. The fourth-order valence-corrected chi connectivity index (χ4v) is 2.12. The van der Waals surface area contributed by atoms with Gasteiger partial charge in [0, 0.05) is 4.90 Å². The molecule has 2 rings (SSSR count). The molecule has 1 heterocycles. The second kappa shape index (κ2) is 5.14. The Bertz CT molecular complexity index is 449. The minimum Gasteiger partial charge on any atom is -0.330 e. The van der Waals surface area contributed by atoms with Crippen LogP contribution in [0.15, 0.2) is 34.3 Å². The van der Waals surface area contributed by atoms with Crippen molar-refractivity contribution < 1.29 is 0 Å². The molecule has 0 saturated heterocycles. The molecule has 0 radical (unpaired) electrons. The fraction of sp³-hybridized carbons (Fsp3) is 0.273. The van der Waals surface area contributed by atoms with Gasteiger partial charge in [-0.2, -0.15) is 0 Å². The maximum Gasteiger partial charge on any atom is 0.213 e. The van der Waals surface area contributed by atoms with Crippen LogP contribution >= 0.6 is 11.8 Å². The summed E-state index contributed by atoms with van der Waals surface area (Å²) in [4.78, 5) is 5.38. The molecule has 1 aromatic heterocycles. The summed E-state index contributed by atoms with van der Waals surface area (Å²) in [5.41, 5.74) is 6.76. The smallest absolute Gasteiger partial charge is 0.213 e. The van der Waals surface area contributed by atoms with Crippen LogP contribution in [0, 0.1) is 6.92 Å². The first-order chi connectivity index (χ1) is 7.78. The molecule has 2 aromatic rings. The second-order valence-electron chi connectivity index (χ2n) is 3.49. The van der Waals surface area contributed by atoms with E-state index in [1.165, 1.54) is 5.56 Å². The Balaban J connectivity index is 2.05. The van der Waals surface area contributed by atoms with Crippen molar-refractivity contribution in [2.45, 2.75) is 23.4 Å². The quantitative estimate of drug-likeness (QED) is 0.846. The Morgan fingerprint density at radius 1 is 1.31 bits per heavy atom. The topological polar surface area (TPSA) is 67.6 Å². The Kier molecular flexibility index (Phi) is 3.58. The van der Waals surface area contributed by atoms with E-state index in [4.69, 9.17) is 5.73 Å². The molecule has 0 aliphatic heterocycles. The van der Waals surface area contributed by atoms with Crippen molar-refractivity contribution in [2.75, 3.05) is 6.54 Å². The summed E-state index contributed by atoms with van der Waals surface area (Å²) in [7, 11) is 0. The average molecular weight is 234 g/mol. The van der Waals surface area contributed by atoms with Gasteiger partial charge in [-0.3, -0.25) is 5.10 Å². The highest BCUT2D eigenvalue weighted by Crippen LogP contribution is 2.24. The van der Waals surface area contributed by atoms with E-state index in [-0.39, 0.29) is 0 Å². The Labute approximate surface area is 98.7 Å². The van der Waals surface area contributed by atoms with Gasteiger partial charge in [0.05, 0.1) is 0 Å². The molecular weight excluding hydrogens is 220 g/mol. The lowest BCUT2D eigenvalue weighted by Crippen LogP contribution is -2.02. The van der Waals surface area contributed by atoms with Crippen LogP contribution in [-0.4, -0.2) is 21.7 Å². The Hall–Kier alpha value is -1.33. The standard InChI is InChI=1S/C11H14N4S/c1-8-13-11(15-14-8)16-10-4-2-9(3-5-10)6-7-12/h2-5H,6-7,12H2,1H3,(H,13,14,15). The number of rotatable bonds is 4. The van der Waals surface area contributed by atoms with Crippen molar-refractivity contribution in [3.63, 3.8) is 0 Å². The third-order valence-corrected chi connectivity index (χ3v) is 3.02. The monoisotopic (exact) mass is 234 g/mol. The van der Waals surface area contributed by atoms with Crippen LogP contribution in [0.25, 0.3) is 0 Å². The van der Waals surface area contributed by atoms with Gasteiger partial charge in [0.1, 0.15) is 5.82 Å². The maximum atomic E-state index is 5.50. The predicted octanol–water partition coefficient (Wildman–Crippen LogP) is 1.77. The molecule has 5 heteroatoms. The maximum absolute atomic E-state index is 5.50. The lowest BCUT2D eigenvalue weighted by molar-refractivity contribution is 0.963. The Morgan fingerprint density at radius 3 is 2.62 bits per heavy atom. The van der Waals surface area contributed by atoms with E-state index < -0.39 is 0 Å². The third kappa shape index (κ3) is 2.84. The number of benzene rings is 1. The molecule has 1 aromatic carbocycles. The second-order valence-corrected chi connectivity index (χ2v) is 4.53. The van der Waals surface area contributed by atoms with Crippen molar-refractivity contribution in [2.24, 2.45) is 5.73 Å². The van der Waals surface area contributed by atoms with Crippen molar-refractivity contribution >= 4 is 11.8 Å². The zero-order valence-corrected chi connectivity index (χ0v) is 9.92. The van der Waals surface area contributed by atoms with E-state index in [2.05, 4.69) is 39.4 Å². The lowest BCUT2D eigenvalue weighted by Gasteiger charge is -2.00. The molecule has 0 aliphatic rings. The first kappa shape index (κ1) is 11.2. The highest BCUT2D eigenvalue weighted by atomic mass is 32.2. The number of aryl methyl sites for hydroxylation is 1. The molecular formula is C11H14N4S. The molecule has 3 N–H and O–H groups in total. The zero-order chi connectivity index (χ0) is 11.4. The van der Waals surface area contributed by atoms with Gasteiger partial charge in [-0.1, -0.05) is 12.1 Å². The van der Waals surface area contributed by atoms with E-state index in [0.29, 0.717) is 6.54 Å². The third-order valence-electron chi connectivity index (χ3n) is 2.14. The molecule has 0 bridgehead atoms. The van der Waals surface area contributed by atoms with E-state index in [1.54, 1.807) is 11.8 Å². The van der Waals surface area contributed by atoms with Gasteiger partial charge in [-0.25, -0.2) is 4.98 Å². The van der Waals surface area contributed by atoms with Crippen molar-refractivity contribution in [1.82, 2.24) is 15.2 Å². The molecule has 4 nitrogen and oxygen atoms in total. The van der Waals surface area contributed by atoms with Crippen molar-refractivity contribution in [3.05, 3.63) is 35.7 Å². The molecule has 0 spiro atoms. The largest absolute Gasteiger partial charge is 0.330 e. The molecule has 16 heavy (non-hydrogen) atoms. The van der Waals surface area contributed by atoms with Gasteiger partial charge < -0.3 is 5.73 Å². The van der Waals surface area contributed by atoms with Crippen LogP contribution in [0.1, 0.15) is 11.4 Å². The van der Waals surface area contributed by atoms with Gasteiger partial charge in [-0.05, 0) is 49.3 Å². The zero-order valence-electron chi connectivity index (χ0n) is 9.10. The Morgan fingerprint density at radius 2 is 2.06 bits per heavy atom. The normalized spacial score (nSPS) is 10.6. The van der Waals surface area contributed by atoms with Gasteiger partial charge in [-0.15, -0.1) is 5.10 Å². The molecule has 0 aliphatic carbocycles. The number of hydrogen-bond acceptors (Lipinski definition) is 4. The van der Waals surface area contributed by atoms with Crippen LogP contribution in [0.3, 0.4) is 0 Å². The summed E-state index contributed by atoms with van der Waals surface area (Å²) in [6, 6.07) is 8.33. The van der Waals surface area contributed by atoms with Crippen LogP contribution in [0.4, 0.5) is 0 Å². The number of aromatic amines is 1. The van der Waals surface area contributed by atoms with Crippen LogP contribution in [-0.2, 0) is 6.42 Å². The fourth-order valence-electron chi connectivity index (χ4n) is 1.36. The lowest BCUT2D eigenvalue weighted by atomic mass is 10.2. The number of nitrogens with two attached hydrogens (primary N) is 1. The van der Waals surface area contributed by atoms with Gasteiger partial charge in [0.15, 0.2) is 0 Å². The van der Waals surface area contributed by atoms with Crippen LogP contribution < -0.4 is 5.73 Å². The van der Waals surface area contributed by atoms with E-state index in [9.17, 15) is 0 Å². The van der Waals surface area contributed by atoms with Crippen LogP contribution in [0.5, 0.6) is 0 Å². The van der Waals surface area contributed by atoms with Crippen molar-refractivity contribution in [1.29, 1.82) is 0 Å². The summed E-state index contributed by atoms with van der Waals surface area (Å²) in [5.74, 6) is 0.835. The summed E-state index contributed by atoms with van der Waals surface area (Å²) in [5, 5.41) is 7.65. The SMILES string of the molecule is Cc1nc(Sc2ccc(CCN)cc2)n[nH]1. The summed E-state index contributed by atoms with van der Waals surface area (Å²) >= 11 is 1.55. The average Bonchev–Trinajstić information content (AvgIpc) is 2.67. The first-order valence-electron chi connectivity index (χ1n) is 5.14. The number of aromatic nitrogens is 3. The molecule has 0 amide bonds.